The van der Waals surface area contributed by atoms with Crippen molar-refractivity contribution in [3.05, 3.63) is 103 Å². The molecule has 4 heteroatoms. The Morgan fingerprint density at radius 2 is 1.48 bits per heavy atom. The van der Waals surface area contributed by atoms with Crippen LogP contribution in [-0.2, 0) is 6.54 Å². The van der Waals surface area contributed by atoms with Gasteiger partial charge in [0.05, 0.1) is 16.9 Å². The predicted octanol–water partition coefficient (Wildman–Crippen LogP) is 5.90. The number of hydrogen-bond acceptors (Lipinski definition) is 3. The van der Waals surface area contributed by atoms with Crippen LogP contribution in [0.2, 0.25) is 0 Å². The molecule has 0 atom stereocenters. The van der Waals surface area contributed by atoms with Gasteiger partial charge in [-0.2, -0.15) is 5.10 Å². The normalized spacial score (nSPS) is 10.9. The number of H-pyrrole nitrogens is 1. The van der Waals surface area contributed by atoms with Gasteiger partial charge in [-0.15, -0.1) is 0 Å². The Bertz CT molecular complexity index is 1240. The third-order valence-corrected chi connectivity index (χ3v) is 4.97. The highest BCUT2D eigenvalue weighted by Gasteiger charge is 2.11. The van der Waals surface area contributed by atoms with Crippen molar-refractivity contribution in [3.63, 3.8) is 0 Å². The average Bonchev–Trinajstić information content (AvgIpc) is 3.27. The molecule has 2 N–H and O–H groups in total. The highest BCUT2D eigenvalue weighted by Crippen LogP contribution is 2.32. The van der Waals surface area contributed by atoms with Crippen LogP contribution < -0.4 is 5.32 Å². The quantitative estimate of drug-likeness (QED) is 0.401. The van der Waals surface area contributed by atoms with E-state index < -0.39 is 0 Å². The van der Waals surface area contributed by atoms with Gasteiger partial charge in [-0.1, -0.05) is 78.9 Å². The number of aromatic nitrogens is 3. The number of nitrogens with one attached hydrogen (secondary N) is 2. The van der Waals surface area contributed by atoms with Crippen LogP contribution >= 0.6 is 0 Å². The van der Waals surface area contributed by atoms with Crippen molar-refractivity contribution in [2.45, 2.75) is 6.54 Å². The molecule has 0 spiro atoms. The number of aromatic amines is 1. The largest absolute Gasteiger partial charge is 0.365 e. The van der Waals surface area contributed by atoms with Crippen molar-refractivity contribution in [2.75, 3.05) is 5.32 Å². The molecule has 4 nitrogen and oxygen atoms in total. The fourth-order valence-corrected chi connectivity index (χ4v) is 3.49. The van der Waals surface area contributed by atoms with Crippen molar-refractivity contribution in [3.8, 4) is 22.5 Å². The van der Waals surface area contributed by atoms with E-state index in [1.165, 1.54) is 5.56 Å². The van der Waals surface area contributed by atoms with Gasteiger partial charge in [-0.3, -0.25) is 5.10 Å². The number of rotatable bonds is 5. The number of para-hydroxylation sites is 1. The van der Waals surface area contributed by atoms with Crippen molar-refractivity contribution >= 4 is 16.7 Å². The summed E-state index contributed by atoms with van der Waals surface area (Å²) in [6, 6.07) is 33.0. The van der Waals surface area contributed by atoms with E-state index >= 15 is 0 Å². The smallest absolute Gasteiger partial charge is 0.148 e. The standard InChI is InChI=1S/C25H20N4/c1-3-9-18(10-4-1)17-26-25-16-24(28-29-25)21-15-23(19-11-5-2-6-12-19)27-22-14-8-7-13-20(21)22/h1-16H,17H2,(H2,26,28,29). The summed E-state index contributed by atoms with van der Waals surface area (Å²) in [5.74, 6) is 0.825. The summed E-state index contributed by atoms with van der Waals surface area (Å²) in [7, 11) is 0. The molecule has 0 fully saturated rings. The van der Waals surface area contributed by atoms with Crippen molar-refractivity contribution < 1.29 is 0 Å². The number of fused-ring (bicyclic) bond motifs is 1. The minimum atomic E-state index is 0.734. The summed E-state index contributed by atoms with van der Waals surface area (Å²) < 4.78 is 0. The second kappa shape index (κ2) is 7.60. The molecule has 140 valence electrons. The molecule has 2 aromatic heterocycles. The maximum Gasteiger partial charge on any atom is 0.148 e. The van der Waals surface area contributed by atoms with E-state index in [0.29, 0.717) is 0 Å². The van der Waals surface area contributed by atoms with Gasteiger partial charge in [0.15, 0.2) is 0 Å². The molecule has 0 saturated carbocycles. The molecule has 0 amide bonds. The molecule has 5 aromatic rings. The van der Waals surface area contributed by atoms with Crippen LogP contribution in [-0.4, -0.2) is 15.2 Å². The third kappa shape index (κ3) is 3.60. The van der Waals surface area contributed by atoms with Gasteiger partial charge in [0, 0.05) is 29.1 Å². The van der Waals surface area contributed by atoms with Gasteiger partial charge in [-0.25, -0.2) is 4.98 Å². The fraction of sp³-hybridized carbons (Fsp3) is 0.0400. The molecule has 0 unspecified atom stereocenters. The lowest BCUT2D eigenvalue weighted by atomic mass is 10.0. The van der Waals surface area contributed by atoms with Crippen molar-refractivity contribution in [1.29, 1.82) is 0 Å². The Balaban J connectivity index is 1.52. The van der Waals surface area contributed by atoms with Gasteiger partial charge in [0.1, 0.15) is 5.82 Å². The van der Waals surface area contributed by atoms with E-state index in [1.807, 2.05) is 48.5 Å². The number of benzene rings is 3. The summed E-state index contributed by atoms with van der Waals surface area (Å²) >= 11 is 0. The number of nitrogens with zero attached hydrogens (tertiary/aromatic N) is 2. The van der Waals surface area contributed by atoms with Gasteiger partial charge < -0.3 is 5.32 Å². The first kappa shape index (κ1) is 17.2. The SMILES string of the molecule is c1ccc(CNc2cc(-c3cc(-c4ccccc4)nc4ccccc34)[nH]n2)cc1. The molecule has 3 aromatic carbocycles. The summed E-state index contributed by atoms with van der Waals surface area (Å²) in [5.41, 5.74) is 6.30. The average molecular weight is 376 g/mol. The van der Waals surface area contributed by atoms with Gasteiger partial charge >= 0.3 is 0 Å². The minimum absolute atomic E-state index is 0.734. The summed E-state index contributed by atoms with van der Waals surface area (Å²) in [6.45, 7) is 0.734. The number of pyridine rings is 1. The van der Waals surface area contributed by atoms with Crippen LogP contribution in [0.25, 0.3) is 33.4 Å². The van der Waals surface area contributed by atoms with E-state index in [1.54, 1.807) is 0 Å². The molecule has 0 aliphatic heterocycles. The van der Waals surface area contributed by atoms with E-state index in [-0.39, 0.29) is 0 Å². The first-order valence-electron chi connectivity index (χ1n) is 9.65. The van der Waals surface area contributed by atoms with Crippen LogP contribution in [0.1, 0.15) is 5.56 Å². The van der Waals surface area contributed by atoms with Crippen LogP contribution in [0.4, 0.5) is 5.82 Å². The first-order chi connectivity index (χ1) is 14.4. The van der Waals surface area contributed by atoms with Crippen LogP contribution in [0.5, 0.6) is 0 Å². The van der Waals surface area contributed by atoms with E-state index in [0.717, 1.165) is 45.8 Å². The van der Waals surface area contributed by atoms with Crippen LogP contribution in [0.15, 0.2) is 97.1 Å². The summed E-state index contributed by atoms with van der Waals surface area (Å²) in [6.07, 6.45) is 0. The molecule has 0 bridgehead atoms. The maximum absolute atomic E-state index is 4.86. The lowest BCUT2D eigenvalue weighted by Gasteiger charge is -2.08. The Labute approximate surface area is 169 Å². The first-order valence-corrected chi connectivity index (χ1v) is 9.65. The number of hydrogen-bond donors (Lipinski definition) is 2. The second-order valence-corrected chi connectivity index (χ2v) is 6.94. The number of anilines is 1. The van der Waals surface area contributed by atoms with E-state index in [4.69, 9.17) is 4.98 Å². The Hall–Kier alpha value is -3.92. The van der Waals surface area contributed by atoms with Crippen molar-refractivity contribution in [2.24, 2.45) is 0 Å². The third-order valence-electron chi connectivity index (χ3n) is 4.97. The zero-order valence-corrected chi connectivity index (χ0v) is 15.8. The minimum Gasteiger partial charge on any atom is -0.365 e. The van der Waals surface area contributed by atoms with E-state index in [9.17, 15) is 0 Å². The highest BCUT2D eigenvalue weighted by atomic mass is 15.2. The molecule has 29 heavy (non-hydrogen) atoms. The van der Waals surface area contributed by atoms with Crippen LogP contribution in [0, 0.1) is 0 Å². The Morgan fingerprint density at radius 1 is 0.759 bits per heavy atom. The lowest BCUT2D eigenvalue weighted by molar-refractivity contribution is 1.05. The zero-order chi connectivity index (χ0) is 19.5. The van der Waals surface area contributed by atoms with Crippen LogP contribution in [0.3, 0.4) is 0 Å². The molecule has 0 saturated heterocycles. The highest BCUT2D eigenvalue weighted by molar-refractivity contribution is 5.96. The monoisotopic (exact) mass is 376 g/mol. The molecule has 2 heterocycles. The fourth-order valence-electron chi connectivity index (χ4n) is 3.49. The zero-order valence-electron chi connectivity index (χ0n) is 15.8. The summed E-state index contributed by atoms with van der Waals surface area (Å²) in [4.78, 5) is 4.86. The predicted molar refractivity (Wildman–Crippen MR) is 119 cm³/mol. The summed E-state index contributed by atoms with van der Waals surface area (Å²) in [5, 5.41) is 12.1. The molecular weight excluding hydrogens is 356 g/mol. The lowest BCUT2D eigenvalue weighted by Crippen LogP contribution is -1.98. The van der Waals surface area contributed by atoms with Gasteiger partial charge in [0.25, 0.3) is 0 Å². The Morgan fingerprint density at radius 3 is 2.31 bits per heavy atom. The topological polar surface area (TPSA) is 53.6 Å². The molecule has 5 rings (SSSR count). The molecular formula is C25H20N4. The molecule has 0 aliphatic rings. The van der Waals surface area contributed by atoms with Gasteiger partial charge in [0.2, 0.25) is 0 Å². The van der Waals surface area contributed by atoms with E-state index in [2.05, 4.69) is 64.0 Å². The molecule has 0 radical (unpaired) electrons. The maximum atomic E-state index is 4.86. The van der Waals surface area contributed by atoms with Crippen molar-refractivity contribution in [1.82, 2.24) is 15.2 Å². The van der Waals surface area contributed by atoms with Gasteiger partial charge in [-0.05, 0) is 17.7 Å². The second-order valence-electron chi connectivity index (χ2n) is 6.94. The Kier molecular flexibility index (Phi) is 4.51. The molecule has 0 aliphatic carbocycles.